The molecule has 0 atom stereocenters. The van der Waals surface area contributed by atoms with Gasteiger partial charge in [-0.05, 0) is 35.9 Å². The van der Waals surface area contributed by atoms with Gasteiger partial charge in [-0.3, -0.25) is 4.79 Å². The minimum atomic E-state index is -0.0579. The number of carbonyl (C=O) groups is 1. The third kappa shape index (κ3) is 3.78. The summed E-state index contributed by atoms with van der Waals surface area (Å²) >= 11 is 13.6. The van der Waals surface area contributed by atoms with Crippen molar-refractivity contribution in [2.45, 2.75) is 11.4 Å². The van der Waals surface area contributed by atoms with Crippen molar-refractivity contribution in [3.8, 4) is 0 Å². The summed E-state index contributed by atoms with van der Waals surface area (Å²) < 4.78 is 0.902. The van der Waals surface area contributed by atoms with Crippen molar-refractivity contribution in [3.05, 3.63) is 63.1 Å². The molecule has 1 amide bonds. The van der Waals surface area contributed by atoms with Crippen LogP contribution < -0.4 is 0 Å². The Kier molecular flexibility index (Phi) is 5.13. The van der Waals surface area contributed by atoms with E-state index >= 15 is 0 Å². The van der Waals surface area contributed by atoms with E-state index in [1.807, 2.05) is 36.4 Å². The Morgan fingerprint density at radius 1 is 1.25 bits per heavy atom. The normalized spacial score (nSPS) is 10.4. The summed E-state index contributed by atoms with van der Waals surface area (Å²) in [5.74, 6) is -0.0579. The van der Waals surface area contributed by atoms with Gasteiger partial charge in [-0.1, -0.05) is 39.7 Å². The number of halogens is 2. The van der Waals surface area contributed by atoms with Gasteiger partial charge in [0, 0.05) is 28.0 Å². The highest BCUT2D eigenvalue weighted by Gasteiger charge is 2.14. The topological polar surface area (TPSA) is 20.3 Å². The maximum atomic E-state index is 12.4. The molecule has 0 radical (unpaired) electrons. The highest BCUT2D eigenvalue weighted by Crippen LogP contribution is 2.21. The first kappa shape index (κ1) is 15.4. The lowest BCUT2D eigenvalue weighted by molar-refractivity contribution is 0.0781. The molecule has 0 heterocycles. The van der Waals surface area contributed by atoms with E-state index in [0.717, 1.165) is 10.0 Å². The summed E-state index contributed by atoms with van der Waals surface area (Å²) in [5, 5.41) is 0.688. The van der Waals surface area contributed by atoms with Gasteiger partial charge in [0.05, 0.1) is 5.56 Å². The molecule has 104 valence electrons. The zero-order valence-corrected chi connectivity index (χ0v) is 14.0. The summed E-state index contributed by atoms with van der Waals surface area (Å²) in [4.78, 5) is 14.7. The first-order valence-electron chi connectivity index (χ1n) is 5.96. The molecule has 2 aromatic rings. The lowest BCUT2D eigenvalue weighted by atomic mass is 10.1. The molecular weight excluding hydrogens is 358 g/mol. The maximum Gasteiger partial charge on any atom is 0.255 e. The molecule has 0 bridgehead atoms. The number of carbonyl (C=O) groups excluding carboxylic acids is 1. The summed E-state index contributed by atoms with van der Waals surface area (Å²) in [5.41, 5.74) is 1.62. The standard InChI is InChI=1S/C15H13BrClNOS/c1-18(9-10-2-5-12(17)6-3-10)15(19)13-7-4-11(16)8-14(13)20/h2-8,20H,9H2,1H3. The van der Waals surface area contributed by atoms with Gasteiger partial charge in [0.1, 0.15) is 0 Å². The third-order valence-electron chi connectivity index (χ3n) is 2.87. The van der Waals surface area contributed by atoms with Crippen LogP contribution in [0.5, 0.6) is 0 Å². The molecule has 2 nitrogen and oxygen atoms in total. The number of benzene rings is 2. The molecule has 0 aliphatic heterocycles. The number of hydrogen-bond acceptors (Lipinski definition) is 2. The molecule has 0 aliphatic rings. The van der Waals surface area contributed by atoms with E-state index in [1.54, 1.807) is 18.0 Å². The third-order valence-corrected chi connectivity index (χ3v) is 3.99. The highest BCUT2D eigenvalue weighted by molar-refractivity contribution is 9.10. The largest absolute Gasteiger partial charge is 0.337 e. The lowest BCUT2D eigenvalue weighted by Crippen LogP contribution is -2.26. The van der Waals surface area contributed by atoms with Gasteiger partial charge in [-0.25, -0.2) is 0 Å². The van der Waals surface area contributed by atoms with Gasteiger partial charge >= 0.3 is 0 Å². The Morgan fingerprint density at radius 2 is 1.90 bits per heavy atom. The van der Waals surface area contributed by atoms with E-state index in [2.05, 4.69) is 28.6 Å². The van der Waals surface area contributed by atoms with Crippen LogP contribution in [0.15, 0.2) is 51.8 Å². The molecule has 0 aromatic heterocycles. The quantitative estimate of drug-likeness (QED) is 0.779. The van der Waals surface area contributed by atoms with Gasteiger partial charge in [0.15, 0.2) is 0 Å². The Bertz CT molecular complexity index is 630. The van der Waals surface area contributed by atoms with Gasteiger partial charge in [0.25, 0.3) is 5.91 Å². The lowest BCUT2D eigenvalue weighted by Gasteiger charge is -2.18. The van der Waals surface area contributed by atoms with Crippen molar-refractivity contribution < 1.29 is 4.79 Å². The molecule has 0 saturated carbocycles. The Hall–Kier alpha value is -0.970. The van der Waals surface area contributed by atoms with Gasteiger partial charge < -0.3 is 4.90 Å². The molecule has 20 heavy (non-hydrogen) atoms. The predicted molar refractivity (Wildman–Crippen MR) is 88.6 cm³/mol. The van der Waals surface area contributed by atoms with Crippen LogP contribution in [-0.4, -0.2) is 17.9 Å². The Balaban J connectivity index is 2.14. The molecule has 0 N–H and O–H groups in total. The number of hydrogen-bond donors (Lipinski definition) is 1. The summed E-state index contributed by atoms with van der Waals surface area (Å²) in [6.45, 7) is 0.527. The second-order valence-electron chi connectivity index (χ2n) is 4.45. The average Bonchev–Trinajstić information content (AvgIpc) is 2.40. The van der Waals surface area contributed by atoms with Gasteiger partial charge in [-0.2, -0.15) is 0 Å². The average molecular weight is 371 g/mol. The Labute approximate surface area is 137 Å². The Morgan fingerprint density at radius 3 is 2.50 bits per heavy atom. The van der Waals surface area contributed by atoms with Crippen molar-refractivity contribution >= 4 is 46.1 Å². The van der Waals surface area contributed by atoms with E-state index in [4.69, 9.17) is 11.6 Å². The van der Waals surface area contributed by atoms with Crippen molar-refractivity contribution in [2.75, 3.05) is 7.05 Å². The summed E-state index contributed by atoms with van der Waals surface area (Å²) in [6.07, 6.45) is 0. The fraction of sp³-hybridized carbons (Fsp3) is 0.133. The van der Waals surface area contributed by atoms with Crippen LogP contribution in [0, 0.1) is 0 Å². The first-order valence-corrected chi connectivity index (χ1v) is 7.57. The summed E-state index contributed by atoms with van der Waals surface area (Å²) in [6, 6.07) is 12.9. The molecule has 2 aromatic carbocycles. The van der Waals surface area contributed by atoms with Gasteiger partial charge in [0.2, 0.25) is 0 Å². The van der Waals surface area contributed by atoms with Crippen molar-refractivity contribution in [2.24, 2.45) is 0 Å². The minimum Gasteiger partial charge on any atom is -0.337 e. The molecule has 5 heteroatoms. The van der Waals surface area contributed by atoms with E-state index in [9.17, 15) is 4.79 Å². The van der Waals surface area contributed by atoms with E-state index in [0.29, 0.717) is 22.0 Å². The molecule has 2 rings (SSSR count). The van der Waals surface area contributed by atoms with Crippen LogP contribution in [0.2, 0.25) is 5.02 Å². The second kappa shape index (κ2) is 6.66. The number of nitrogens with zero attached hydrogens (tertiary/aromatic N) is 1. The van der Waals surface area contributed by atoms with Crippen LogP contribution in [0.25, 0.3) is 0 Å². The van der Waals surface area contributed by atoms with E-state index in [-0.39, 0.29) is 5.91 Å². The molecule has 0 aliphatic carbocycles. The fourth-order valence-corrected chi connectivity index (χ4v) is 2.80. The van der Waals surface area contributed by atoms with Crippen LogP contribution in [-0.2, 0) is 6.54 Å². The second-order valence-corrected chi connectivity index (χ2v) is 6.28. The molecular formula is C15H13BrClNOS. The van der Waals surface area contributed by atoms with Crippen molar-refractivity contribution in [3.63, 3.8) is 0 Å². The number of amides is 1. The zero-order valence-electron chi connectivity index (χ0n) is 10.8. The van der Waals surface area contributed by atoms with Crippen LogP contribution >= 0.6 is 40.2 Å². The van der Waals surface area contributed by atoms with Gasteiger partial charge in [-0.15, -0.1) is 12.6 Å². The number of thiol groups is 1. The zero-order chi connectivity index (χ0) is 14.7. The molecule has 0 fully saturated rings. The SMILES string of the molecule is CN(Cc1ccc(Cl)cc1)C(=O)c1ccc(Br)cc1S. The molecule has 0 saturated heterocycles. The van der Waals surface area contributed by atoms with Crippen LogP contribution in [0.4, 0.5) is 0 Å². The molecule has 0 unspecified atom stereocenters. The van der Waals surface area contributed by atoms with Crippen LogP contribution in [0.3, 0.4) is 0 Å². The smallest absolute Gasteiger partial charge is 0.255 e. The predicted octanol–water partition coefficient (Wildman–Crippen LogP) is 4.66. The number of rotatable bonds is 3. The highest BCUT2D eigenvalue weighted by atomic mass is 79.9. The van der Waals surface area contributed by atoms with E-state index < -0.39 is 0 Å². The van der Waals surface area contributed by atoms with Crippen LogP contribution in [0.1, 0.15) is 15.9 Å². The van der Waals surface area contributed by atoms with E-state index in [1.165, 1.54) is 0 Å². The molecule has 0 spiro atoms. The van der Waals surface area contributed by atoms with Crippen molar-refractivity contribution in [1.29, 1.82) is 0 Å². The fourth-order valence-electron chi connectivity index (χ4n) is 1.83. The first-order chi connectivity index (χ1) is 9.47. The van der Waals surface area contributed by atoms with Crippen molar-refractivity contribution in [1.82, 2.24) is 4.90 Å². The maximum absolute atomic E-state index is 12.4. The summed E-state index contributed by atoms with van der Waals surface area (Å²) in [7, 11) is 1.77. The minimum absolute atomic E-state index is 0.0579. The monoisotopic (exact) mass is 369 g/mol.